The maximum atomic E-state index is 11.9. The molecule has 0 saturated heterocycles. The Balaban J connectivity index is 1.79. The zero-order valence-corrected chi connectivity index (χ0v) is 15.6. The zero-order valence-electron chi connectivity index (χ0n) is 15.6. The van der Waals surface area contributed by atoms with Crippen LogP contribution in [-0.2, 0) is 19.1 Å². The van der Waals surface area contributed by atoms with Crippen LogP contribution in [0, 0.1) is 0 Å². The highest BCUT2D eigenvalue weighted by molar-refractivity contribution is 5.94. The summed E-state index contributed by atoms with van der Waals surface area (Å²) in [7, 11) is 0. The van der Waals surface area contributed by atoms with E-state index in [-0.39, 0.29) is 0 Å². The summed E-state index contributed by atoms with van der Waals surface area (Å²) in [5, 5.41) is 12.4. The van der Waals surface area contributed by atoms with Crippen LogP contribution in [0.4, 0.5) is 5.69 Å². The molecule has 0 aromatic heterocycles. The number of carbonyl (C=O) groups excluding carboxylic acids is 3. The van der Waals surface area contributed by atoms with Crippen LogP contribution in [0.25, 0.3) is 0 Å². The molecule has 0 aliphatic heterocycles. The number of hydrogen-bond donors (Lipinski definition) is 2. The number of esters is 2. The highest BCUT2D eigenvalue weighted by Gasteiger charge is 2.19. The fourth-order valence-corrected chi connectivity index (χ4v) is 2.27. The van der Waals surface area contributed by atoms with E-state index >= 15 is 0 Å². The predicted octanol–water partition coefficient (Wildman–Crippen LogP) is 2.86. The molecule has 0 spiro atoms. The van der Waals surface area contributed by atoms with E-state index in [0.717, 1.165) is 12.8 Å². The number of carbonyl (C=O) groups is 3. The van der Waals surface area contributed by atoms with Crippen LogP contribution in [-0.4, -0.2) is 36.2 Å². The Morgan fingerprint density at radius 1 is 1.00 bits per heavy atom. The molecule has 148 valence electrons. The number of unbranched alkanes of at least 4 members (excludes halogenated alkanes) is 1. The normalized spacial score (nSPS) is 11.4. The number of amides is 1. The van der Waals surface area contributed by atoms with Crippen LogP contribution >= 0.6 is 0 Å². The molecule has 0 fully saturated rings. The molecule has 0 aliphatic rings. The predicted molar refractivity (Wildman–Crippen MR) is 103 cm³/mol. The minimum Gasteiger partial charge on any atom is -0.462 e. The lowest BCUT2D eigenvalue weighted by Crippen LogP contribution is -2.24. The van der Waals surface area contributed by atoms with Crippen molar-refractivity contribution in [1.29, 1.82) is 0 Å². The van der Waals surface area contributed by atoms with Crippen LogP contribution in [0.2, 0.25) is 0 Å². The van der Waals surface area contributed by atoms with Crippen molar-refractivity contribution in [3.8, 4) is 0 Å². The fraction of sp³-hybridized carbons (Fsp3) is 0.286. The Kier molecular flexibility index (Phi) is 8.17. The van der Waals surface area contributed by atoms with Gasteiger partial charge in [0.2, 0.25) is 0 Å². The first kappa shape index (κ1) is 21.1. The first-order valence-corrected chi connectivity index (χ1v) is 8.98. The monoisotopic (exact) mass is 385 g/mol. The van der Waals surface area contributed by atoms with Crippen molar-refractivity contribution in [1.82, 2.24) is 0 Å². The molecule has 0 radical (unpaired) electrons. The second-order valence-corrected chi connectivity index (χ2v) is 6.04. The maximum absolute atomic E-state index is 11.9. The molecule has 1 atom stereocenters. The van der Waals surface area contributed by atoms with Crippen LogP contribution < -0.4 is 5.32 Å². The van der Waals surface area contributed by atoms with Crippen molar-refractivity contribution in [3.63, 3.8) is 0 Å². The molecule has 0 unspecified atom stereocenters. The zero-order chi connectivity index (χ0) is 20.4. The molecule has 7 heteroatoms. The number of hydrogen-bond acceptors (Lipinski definition) is 6. The van der Waals surface area contributed by atoms with E-state index in [2.05, 4.69) is 5.32 Å². The largest absolute Gasteiger partial charge is 0.462 e. The summed E-state index contributed by atoms with van der Waals surface area (Å²) in [5.41, 5.74) is 1.20. The second kappa shape index (κ2) is 10.8. The number of anilines is 1. The van der Waals surface area contributed by atoms with Gasteiger partial charge in [-0.05, 0) is 36.2 Å². The van der Waals surface area contributed by atoms with Crippen LogP contribution in [0.5, 0.6) is 0 Å². The van der Waals surface area contributed by atoms with Gasteiger partial charge in [-0.15, -0.1) is 0 Å². The topological polar surface area (TPSA) is 102 Å². The summed E-state index contributed by atoms with van der Waals surface area (Å²) in [5.74, 6) is -1.89. The quantitative estimate of drug-likeness (QED) is 0.508. The van der Waals surface area contributed by atoms with Gasteiger partial charge in [-0.1, -0.05) is 43.7 Å². The third kappa shape index (κ3) is 6.51. The van der Waals surface area contributed by atoms with Gasteiger partial charge < -0.3 is 19.9 Å². The SMILES string of the molecule is CCCCOC(=O)c1ccc(NC(=O)COC(=O)[C@H](O)c2ccccc2)cc1. The van der Waals surface area contributed by atoms with Crippen molar-refractivity contribution in [2.45, 2.75) is 25.9 Å². The van der Waals surface area contributed by atoms with Gasteiger partial charge in [0.05, 0.1) is 12.2 Å². The molecule has 7 nitrogen and oxygen atoms in total. The van der Waals surface area contributed by atoms with E-state index in [9.17, 15) is 19.5 Å². The molecule has 1 amide bonds. The minimum atomic E-state index is -1.45. The van der Waals surface area contributed by atoms with Crippen LogP contribution in [0.3, 0.4) is 0 Å². The fourth-order valence-electron chi connectivity index (χ4n) is 2.27. The van der Waals surface area contributed by atoms with Gasteiger partial charge in [0.25, 0.3) is 5.91 Å². The van der Waals surface area contributed by atoms with Gasteiger partial charge in [0.15, 0.2) is 12.7 Å². The Hall–Kier alpha value is -3.19. The van der Waals surface area contributed by atoms with E-state index in [1.165, 1.54) is 12.1 Å². The molecular weight excluding hydrogens is 362 g/mol. The minimum absolute atomic E-state index is 0.369. The first-order valence-electron chi connectivity index (χ1n) is 8.98. The third-order valence-corrected chi connectivity index (χ3v) is 3.82. The Morgan fingerprint density at radius 3 is 2.32 bits per heavy atom. The summed E-state index contributed by atoms with van der Waals surface area (Å²) in [6.07, 6.45) is 0.287. The standard InChI is InChI=1S/C21H23NO6/c1-2-3-13-27-20(25)16-9-11-17(12-10-16)22-18(23)14-28-21(26)19(24)15-7-5-4-6-8-15/h4-12,19,24H,2-3,13-14H2,1H3,(H,22,23)/t19-/m1/s1. The number of benzene rings is 2. The van der Waals surface area contributed by atoms with Crippen molar-refractivity contribution >= 4 is 23.5 Å². The number of rotatable bonds is 9. The van der Waals surface area contributed by atoms with E-state index in [1.807, 2.05) is 6.92 Å². The van der Waals surface area contributed by atoms with Gasteiger partial charge in [0, 0.05) is 5.69 Å². The summed E-state index contributed by atoms with van der Waals surface area (Å²) in [4.78, 5) is 35.6. The van der Waals surface area contributed by atoms with Gasteiger partial charge in [-0.25, -0.2) is 9.59 Å². The third-order valence-electron chi connectivity index (χ3n) is 3.82. The van der Waals surface area contributed by atoms with Gasteiger partial charge in [-0.3, -0.25) is 4.79 Å². The van der Waals surface area contributed by atoms with Crippen LogP contribution in [0.15, 0.2) is 54.6 Å². The van der Waals surface area contributed by atoms with Gasteiger partial charge in [-0.2, -0.15) is 0 Å². The lowest BCUT2D eigenvalue weighted by Gasteiger charge is -2.11. The van der Waals surface area contributed by atoms with Crippen molar-refractivity contribution in [2.75, 3.05) is 18.5 Å². The molecule has 2 N–H and O–H groups in total. The Bertz CT molecular complexity index is 788. The summed E-state index contributed by atoms with van der Waals surface area (Å²) in [6.45, 7) is 1.84. The average Bonchev–Trinajstić information content (AvgIpc) is 2.72. The van der Waals surface area contributed by atoms with E-state index < -0.39 is 30.6 Å². The second-order valence-electron chi connectivity index (χ2n) is 6.04. The molecule has 2 aromatic rings. The summed E-state index contributed by atoms with van der Waals surface area (Å²) >= 11 is 0. The lowest BCUT2D eigenvalue weighted by atomic mass is 10.1. The van der Waals surface area contributed by atoms with Crippen molar-refractivity contribution < 1.29 is 29.0 Å². The highest BCUT2D eigenvalue weighted by atomic mass is 16.6. The van der Waals surface area contributed by atoms with E-state index in [0.29, 0.717) is 23.4 Å². The van der Waals surface area contributed by atoms with Crippen molar-refractivity contribution in [3.05, 3.63) is 65.7 Å². The van der Waals surface area contributed by atoms with E-state index in [4.69, 9.17) is 9.47 Å². The molecule has 0 bridgehead atoms. The lowest BCUT2D eigenvalue weighted by molar-refractivity contribution is -0.156. The number of aliphatic hydroxyl groups excluding tert-OH is 1. The molecule has 0 aliphatic carbocycles. The summed E-state index contributed by atoms with van der Waals surface area (Å²) < 4.78 is 9.94. The Morgan fingerprint density at radius 2 is 1.68 bits per heavy atom. The molecule has 0 saturated carbocycles. The van der Waals surface area contributed by atoms with Crippen molar-refractivity contribution in [2.24, 2.45) is 0 Å². The smallest absolute Gasteiger partial charge is 0.340 e. The highest BCUT2D eigenvalue weighted by Crippen LogP contribution is 2.14. The van der Waals surface area contributed by atoms with Gasteiger partial charge in [0.1, 0.15) is 0 Å². The first-order chi connectivity index (χ1) is 13.5. The maximum Gasteiger partial charge on any atom is 0.340 e. The summed E-state index contributed by atoms with van der Waals surface area (Å²) in [6, 6.07) is 14.5. The molecule has 28 heavy (non-hydrogen) atoms. The van der Waals surface area contributed by atoms with E-state index in [1.54, 1.807) is 42.5 Å². The Labute approximate surface area is 163 Å². The average molecular weight is 385 g/mol. The molecule has 2 rings (SSSR count). The molecule has 2 aromatic carbocycles. The van der Waals surface area contributed by atoms with Gasteiger partial charge >= 0.3 is 11.9 Å². The number of nitrogens with one attached hydrogen (secondary N) is 1. The molecule has 0 heterocycles. The number of ether oxygens (including phenoxy) is 2. The molecular formula is C21H23NO6. The van der Waals surface area contributed by atoms with Crippen LogP contribution in [0.1, 0.15) is 41.8 Å². The number of aliphatic hydroxyl groups is 1.